The van der Waals surface area contributed by atoms with Crippen LogP contribution in [0.5, 0.6) is 0 Å². The summed E-state index contributed by atoms with van der Waals surface area (Å²) in [5.74, 6) is -4.67. The Kier molecular flexibility index (Phi) is 6.78. The highest BCUT2D eigenvalue weighted by Gasteiger charge is 2.36. The molecule has 3 rings (SSSR count). The first-order valence-electron chi connectivity index (χ1n) is 9.93. The lowest BCUT2D eigenvalue weighted by Crippen LogP contribution is -2.37. The molecule has 1 saturated carbocycles. The molecule has 164 valence electrons. The van der Waals surface area contributed by atoms with Crippen LogP contribution in [0.4, 0.5) is 10.1 Å². The van der Waals surface area contributed by atoms with Crippen molar-refractivity contribution in [3.05, 3.63) is 52.2 Å². The Bertz CT molecular complexity index is 1050. The Morgan fingerprint density at radius 2 is 1.84 bits per heavy atom. The van der Waals surface area contributed by atoms with Crippen LogP contribution in [0.2, 0.25) is 0 Å². The summed E-state index contributed by atoms with van der Waals surface area (Å²) in [6.07, 6.45) is 2.18. The summed E-state index contributed by atoms with van der Waals surface area (Å²) in [5.41, 5.74) is -0.940. The Morgan fingerprint density at radius 1 is 1.19 bits per heavy atom. The molecule has 0 radical (unpaired) electrons. The van der Waals surface area contributed by atoms with Gasteiger partial charge >= 0.3 is 11.9 Å². The van der Waals surface area contributed by atoms with Crippen molar-refractivity contribution in [2.75, 3.05) is 11.9 Å². The van der Waals surface area contributed by atoms with Crippen molar-refractivity contribution in [2.45, 2.75) is 32.6 Å². The smallest absolute Gasteiger partial charge is 0.360 e. The Labute approximate surface area is 176 Å². The summed E-state index contributed by atoms with van der Waals surface area (Å²) < 4.78 is 19.1. The van der Waals surface area contributed by atoms with Crippen LogP contribution >= 0.6 is 0 Å². The molecule has 1 heterocycles. The van der Waals surface area contributed by atoms with E-state index < -0.39 is 41.1 Å². The van der Waals surface area contributed by atoms with Crippen molar-refractivity contribution in [1.29, 1.82) is 0 Å². The summed E-state index contributed by atoms with van der Waals surface area (Å²) in [4.78, 5) is 49.4. The number of nitrogens with one attached hydrogen (secondary N) is 1. The number of rotatable bonds is 6. The van der Waals surface area contributed by atoms with Crippen LogP contribution in [0, 0.1) is 17.7 Å². The van der Waals surface area contributed by atoms with E-state index in [0.717, 1.165) is 22.9 Å². The van der Waals surface area contributed by atoms with Crippen LogP contribution in [0.15, 0.2) is 35.1 Å². The molecule has 0 spiro atoms. The largest absolute Gasteiger partial charge is 0.481 e. The zero-order valence-electron chi connectivity index (χ0n) is 16.8. The van der Waals surface area contributed by atoms with E-state index in [1.165, 1.54) is 12.1 Å². The van der Waals surface area contributed by atoms with Gasteiger partial charge in [-0.15, -0.1) is 0 Å². The lowest BCUT2D eigenvalue weighted by molar-refractivity contribution is -0.147. The lowest BCUT2D eigenvalue weighted by atomic mass is 9.78. The van der Waals surface area contributed by atoms with Gasteiger partial charge in [0.2, 0.25) is 5.91 Å². The molecule has 0 saturated heterocycles. The van der Waals surface area contributed by atoms with Crippen LogP contribution in [-0.4, -0.2) is 39.3 Å². The predicted octanol–water partition coefficient (Wildman–Crippen LogP) is 2.38. The second kappa shape index (κ2) is 9.50. The number of carboxylic acids is 1. The van der Waals surface area contributed by atoms with E-state index in [1.54, 1.807) is 6.92 Å². The van der Waals surface area contributed by atoms with Crippen molar-refractivity contribution < 1.29 is 28.6 Å². The summed E-state index contributed by atoms with van der Waals surface area (Å²) in [6.45, 7) is 1.62. The van der Waals surface area contributed by atoms with Crippen LogP contribution in [0.25, 0.3) is 5.69 Å². The summed E-state index contributed by atoms with van der Waals surface area (Å²) in [7, 11) is 0. The molecular weight excluding hydrogens is 409 g/mol. The highest BCUT2D eigenvalue weighted by molar-refractivity contribution is 6.01. The number of carboxylic acid groups (broad SMARTS) is 1. The van der Waals surface area contributed by atoms with E-state index in [1.807, 2.05) is 0 Å². The molecule has 31 heavy (non-hydrogen) atoms. The molecule has 10 heteroatoms. The highest BCUT2D eigenvalue weighted by Crippen LogP contribution is 2.31. The quantitative estimate of drug-likeness (QED) is 0.672. The van der Waals surface area contributed by atoms with Crippen molar-refractivity contribution in [1.82, 2.24) is 9.78 Å². The third kappa shape index (κ3) is 4.96. The fraction of sp³-hybridized carbons (Fsp3) is 0.381. The molecule has 1 aliphatic carbocycles. The molecule has 9 nitrogen and oxygen atoms in total. The molecule has 1 aliphatic rings. The SMILES string of the molecule is CCOC(=O)c1nn(-c2ccc(F)cc2)c(=O)cc1NC(=O)C1CCCCC1C(=O)O. The van der Waals surface area contributed by atoms with Crippen LogP contribution in [-0.2, 0) is 14.3 Å². The molecule has 0 aliphatic heterocycles. The second-order valence-corrected chi connectivity index (χ2v) is 7.18. The van der Waals surface area contributed by atoms with E-state index in [-0.39, 0.29) is 23.7 Å². The molecule has 1 aromatic carbocycles. The fourth-order valence-corrected chi connectivity index (χ4v) is 3.63. The monoisotopic (exact) mass is 431 g/mol. The van der Waals surface area contributed by atoms with Gasteiger partial charge in [0.1, 0.15) is 5.82 Å². The van der Waals surface area contributed by atoms with Gasteiger partial charge in [-0.25, -0.2) is 9.18 Å². The summed E-state index contributed by atoms with van der Waals surface area (Å²) in [6, 6.07) is 5.92. The van der Waals surface area contributed by atoms with Crippen LogP contribution in [0.3, 0.4) is 0 Å². The molecule has 0 bridgehead atoms. The standard InChI is InChI=1S/C21H22FN3O6/c1-2-31-21(30)18-16(23-19(27)14-5-3-4-6-15(14)20(28)29)11-17(26)25(24-18)13-9-7-12(22)8-10-13/h7-11,14-15H,2-6H2,1H3,(H,23,27)(H,28,29). The van der Waals surface area contributed by atoms with E-state index in [0.29, 0.717) is 25.7 Å². The predicted molar refractivity (Wildman–Crippen MR) is 107 cm³/mol. The Balaban J connectivity index is 1.98. The van der Waals surface area contributed by atoms with Crippen molar-refractivity contribution in [3.63, 3.8) is 0 Å². The van der Waals surface area contributed by atoms with Gasteiger partial charge in [0.15, 0.2) is 5.69 Å². The summed E-state index contributed by atoms with van der Waals surface area (Å²) >= 11 is 0. The maximum absolute atomic E-state index is 13.2. The molecular formula is C21H22FN3O6. The highest BCUT2D eigenvalue weighted by atomic mass is 19.1. The van der Waals surface area contributed by atoms with Crippen molar-refractivity contribution in [2.24, 2.45) is 11.8 Å². The maximum Gasteiger partial charge on any atom is 0.360 e. The Morgan fingerprint density at radius 3 is 2.45 bits per heavy atom. The molecule has 1 aromatic heterocycles. The number of halogens is 1. The normalized spacial score (nSPS) is 18.3. The number of carbonyl (C=O) groups excluding carboxylic acids is 2. The van der Waals surface area contributed by atoms with Gasteiger partial charge in [-0.2, -0.15) is 9.78 Å². The average molecular weight is 431 g/mol. The minimum Gasteiger partial charge on any atom is -0.481 e. The van der Waals surface area contributed by atoms with Crippen molar-refractivity contribution in [3.8, 4) is 5.69 Å². The number of benzene rings is 1. The summed E-state index contributed by atoms with van der Waals surface area (Å²) in [5, 5.41) is 15.9. The van der Waals surface area contributed by atoms with E-state index in [2.05, 4.69) is 10.4 Å². The number of anilines is 1. The molecule has 2 aromatic rings. The molecule has 1 fully saturated rings. The number of amides is 1. The number of nitrogens with zero attached hydrogens (tertiary/aromatic N) is 2. The molecule has 1 amide bonds. The number of aliphatic carboxylic acids is 1. The third-order valence-corrected chi connectivity index (χ3v) is 5.15. The maximum atomic E-state index is 13.2. The Hall–Kier alpha value is -3.56. The zero-order chi connectivity index (χ0) is 22.5. The minimum atomic E-state index is -1.06. The van der Waals surface area contributed by atoms with Crippen LogP contribution in [0.1, 0.15) is 43.1 Å². The van der Waals surface area contributed by atoms with Gasteiger partial charge in [0, 0.05) is 6.07 Å². The molecule has 2 unspecified atom stereocenters. The number of aromatic nitrogens is 2. The number of hydrogen-bond donors (Lipinski definition) is 2. The number of esters is 1. The van der Waals surface area contributed by atoms with E-state index in [9.17, 15) is 28.7 Å². The molecule has 2 atom stereocenters. The first-order valence-corrected chi connectivity index (χ1v) is 9.93. The first kappa shape index (κ1) is 22.1. The first-order chi connectivity index (χ1) is 14.8. The van der Waals surface area contributed by atoms with Gasteiger partial charge in [-0.3, -0.25) is 14.4 Å². The fourth-order valence-electron chi connectivity index (χ4n) is 3.63. The number of ether oxygens (including phenoxy) is 1. The second-order valence-electron chi connectivity index (χ2n) is 7.18. The van der Waals surface area contributed by atoms with Gasteiger partial charge in [-0.05, 0) is 44.0 Å². The molecule has 2 N–H and O–H groups in total. The lowest BCUT2D eigenvalue weighted by Gasteiger charge is -2.27. The van der Waals surface area contributed by atoms with Gasteiger partial charge in [-0.1, -0.05) is 12.8 Å². The van der Waals surface area contributed by atoms with Gasteiger partial charge in [0.05, 0.1) is 29.8 Å². The van der Waals surface area contributed by atoms with Gasteiger partial charge < -0.3 is 15.2 Å². The topological polar surface area (TPSA) is 128 Å². The number of carbonyl (C=O) groups is 3. The van der Waals surface area contributed by atoms with E-state index >= 15 is 0 Å². The minimum absolute atomic E-state index is 0.0350. The van der Waals surface area contributed by atoms with Crippen molar-refractivity contribution >= 4 is 23.5 Å². The van der Waals surface area contributed by atoms with E-state index in [4.69, 9.17) is 4.74 Å². The van der Waals surface area contributed by atoms with Gasteiger partial charge in [0.25, 0.3) is 5.56 Å². The third-order valence-electron chi connectivity index (χ3n) is 5.15. The number of hydrogen-bond acceptors (Lipinski definition) is 6. The average Bonchev–Trinajstić information content (AvgIpc) is 2.74. The van der Waals surface area contributed by atoms with Crippen LogP contribution < -0.4 is 10.9 Å². The zero-order valence-corrected chi connectivity index (χ0v) is 16.8.